The van der Waals surface area contributed by atoms with Gasteiger partial charge in [-0.3, -0.25) is 0 Å². The van der Waals surface area contributed by atoms with Crippen LogP contribution in [0.3, 0.4) is 0 Å². The first-order valence-electron chi connectivity index (χ1n) is 5.77. The average molecular weight is 222 g/mol. The molecule has 0 aliphatic heterocycles. The van der Waals surface area contributed by atoms with Gasteiger partial charge in [0.05, 0.1) is 5.60 Å². The highest BCUT2D eigenvalue weighted by Crippen LogP contribution is 2.30. The lowest BCUT2D eigenvalue weighted by atomic mass is 9.91. The molecule has 1 rings (SSSR count). The van der Waals surface area contributed by atoms with Crippen LogP contribution in [0, 0.1) is 13.8 Å². The molecule has 0 fully saturated rings. The van der Waals surface area contributed by atoms with E-state index in [1.165, 1.54) is 5.56 Å². The van der Waals surface area contributed by atoms with E-state index in [1.54, 1.807) is 0 Å². The summed E-state index contributed by atoms with van der Waals surface area (Å²) in [5, 5.41) is 10.3. The molecule has 0 saturated heterocycles. The zero-order chi connectivity index (χ0) is 12.3. The molecule has 0 aromatic heterocycles. The second-order valence-corrected chi connectivity index (χ2v) is 4.80. The Hall–Kier alpha value is -0.860. The third kappa shape index (κ3) is 2.83. The monoisotopic (exact) mass is 222 g/mol. The quantitative estimate of drug-likeness (QED) is 0.848. The van der Waals surface area contributed by atoms with Gasteiger partial charge in [0, 0.05) is 6.61 Å². The van der Waals surface area contributed by atoms with Crippen LogP contribution in [0.15, 0.2) is 18.2 Å². The molecule has 90 valence electrons. The highest BCUT2D eigenvalue weighted by Gasteiger charge is 2.30. The van der Waals surface area contributed by atoms with Crippen molar-refractivity contribution in [3.05, 3.63) is 34.9 Å². The van der Waals surface area contributed by atoms with Gasteiger partial charge in [0.25, 0.3) is 0 Å². The minimum absolute atomic E-state index is 0.547. The van der Waals surface area contributed by atoms with Gasteiger partial charge in [0.15, 0.2) is 0 Å². The maximum atomic E-state index is 10.3. The first kappa shape index (κ1) is 13.2. The molecule has 0 aliphatic carbocycles. The number of aryl methyl sites for hydroxylation is 2. The van der Waals surface area contributed by atoms with E-state index in [0.717, 1.165) is 11.1 Å². The molecule has 0 saturated carbocycles. The van der Waals surface area contributed by atoms with E-state index in [2.05, 4.69) is 13.0 Å². The lowest BCUT2D eigenvalue weighted by molar-refractivity contribution is -0.0985. The lowest BCUT2D eigenvalue weighted by Crippen LogP contribution is -2.33. The predicted octanol–water partition coefficient (Wildman–Crippen LogP) is 3.15. The number of hydrogen-bond acceptors (Lipinski definition) is 2. The van der Waals surface area contributed by atoms with E-state index in [4.69, 9.17) is 4.74 Å². The van der Waals surface area contributed by atoms with Crippen LogP contribution in [-0.2, 0) is 4.74 Å². The van der Waals surface area contributed by atoms with Gasteiger partial charge in [0.2, 0.25) is 0 Å². The minimum Gasteiger partial charge on any atom is -0.385 e. The minimum atomic E-state index is -0.590. The number of aliphatic hydroxyl groups excluding tert-OH is 1. The topological polar surface area (TPSA) is 29.5 Å². The summed E-state index contributed by atoms with van der Waals surface area (Å²) in [6, 6.07) is 6.09. The summed E-state index contributed by atoms with van der Waals surface area (Å²) in [5.74, 6) is 0. The number of benzene rings is 1. The van der Waals surface area contributed by atoms with Crippen molar-refractivity contribution < 1.29 is 9.84 Å². The molecule has 1 N–H and O–H groups in total. The molecule has 0 aliphatic rings. The Morgan fingerprint density at radius 3 is 2.44 bits per heavy atom. The number of aliphatic hydroxyl groups is 1. The van der Waals surface area contributed by atoms with Gasteiger partial charge in [0.1, 0.15) is 6.10 Å². The van der Waals surface area contributed by atoms with Crippen LogP contribution in [0.25, 0.3) is 0 Å². The van der Waals surface area contributed by atoms with Gasteiger partial charge in [-0.25, -0.2) is 0 Å². The third-order valence-corrected chi connectivity index (χ3v) is 2.89. The normalized spacial score (nSPS) is 13.9. The van der Waals surface area contributed by atoms with Crippen LogP contribution in [0.5, 0.6) is 0 Å². The average Bonchev–Trinajstić information content (AvgIpc) is 2.16. The Balaban J connectivity index is 3.00. The van der Waals surface area contributed by atoms with Crippen molar-refractivity contribution >= 4 is 0 Å². The standard InChI is InChI=1S/C14H22O2/c1-6-16-14(4,5)13(15)12-8-7-10(2)9-11(12)3/h7-9,13,15H,6H2,1-5H3. The van der Waals surface area contributed by atoms with Crippen molar-refractivity contribution in [1.82, 2.24) is 0 Å². The van der Waals surface area contributed by atoms with Crippen molar-refractivity contribution in [2.75, 3.05) is 6.61 Å². The Bertz CT molecular complexity index is 356. The van der Waals surface area contributed by atoms with Crippen molar-refractivity contribution in [1.29, 1.82) is 0 Å². The molecule has 0 amide bonds. The summed E-state index contributed by atoms with van der Waals surface area (Å²) in [6.07, 6.45) is -0.590. The molecule has 2 nitrogen and oxygen atoms in total. The summed E-state index contributed by atoms with van der Waals surface area (Å²) >= 11 is 0. The molecule has 0 radical (unpaired) electrons. The smallest absolute Gasteiger partial charge is 0.108 e. The number of hydrogen-bond donors (Lipinski definition) is 1. The predicted molar refractivity (Wildman–Crippen MR) is 66.6 cm³/mol. The van der Waals surface area contributed by atoms with Crippen molar-refractivity contribution in [3.63, 3.8) is 0 Å². The van der Waals surface area contributed by atoms with Gasteiger partial charge < -0.3 is 9.84 Å². The molecule has 0 heterocycles. The zero-order valence-corrected chi connectivity index (χ0v) is 10.9. The lowest BCUT2D eigenvalue weighted by Gasteiger charge is -2.31. The molecule has 0 bridgehead atoms. The summed E-state index contributed by atoms with van der Waals surface area (Å²) in [7, 11) is 0. The summed E-state index contributed by atoms with van der Waals surface area (Å²) in [6.45, 7) is 10.5. The molecular weight excluding hydrogens is 200 g/mol. The van der Waals surface area contributed by atoms with Crippen molar-refractivity contribution in [2.45, 2.75) is 46.3 Å². The third-order valence-electron chi connectivity index (χ3n) is 2.89. The Kier molecular flexibility index (Phi) is 4.11. The van der Waals surface area contributed by atoms with Crippen LogP contribution in [0.2, 0.25) is 0 Å². The summed E-state index contributed by atoms with van der Waals surface area (Å²) < 4.78 is 5.58. The Morgan fingerprint density at radius 1 is 1.31 bits per heavy atom. The molecule has 1 atom stereocenters. The highest BCUT2D eigenvalue weighted by atomic mass is 16.5. The second-order valence-electron chi connectivity index (χ2n) is 4.80. The highest BCUT2D eigenvalue weighted by molar-refractivity contribution is 5.33. The SMILES string of the molecule is CCOC(C)(C)C(O)c1ccc(C)cc1C. The molecule has 1 aromatic carbocycles. The van der Waals surface area contributed by atoms with Crippen LogP contribution in [-0.4, -0.2) is 17.3 Å². The van der Waals surface area contributed by atoms with E-state index >= 15 is 0 Å². The summed E-state index contributed by atoms with van der Waals surface area (Å²) in [4.78, 5) is 0. The van der Waals surface area contributed by atoms with E-state index in [0.29, 0.717) is 6.61 Å². The van der Waals surface area contributed by atoms with E-state index in [-0.39, 0.29) is 0 Å². The molecule has 2 heteroatoms. The van der Waals surface area contributed by atoms with E-state index in [9.17, 15) is 5.11 Å². The first-order valence-corrected chi connectivity index (χ1v) is 5.77. The first-order chi connectivity index (χ1) is 7.38. The van der Waals surface area contributed by atoms with Gasteiger partial charge in [-0.2, -0.15) is 0 Å². The fraction of sp³-hybridized carbons (Fsp3) is 0.571. The number of rotatable bonds is 4. The van der Waals surface area contributed by atoms with Crippen LogP contribution < -0.4 is 0 Å². The zero-order valence-electron chi connectivity index (χ0n) is 10.9. The molecule has 1 unspecified atom stereocenters. The van der Waals surface area contributed by atoms with Crippen LogP contribution >= 0.6 is 0 Å². The maximum Gasteiger partial charge on any atom is 0.108 e. The van der Waals surface area contributed by atoms with E-state index < -0.39 is 11.7 Å². The molecular formula is C14H22O2. The second kappa shape index (κ2) is 4.98. The Labute approximate surface area is 98.3 Å². The fourth-order valence-corrected chi connectivity index (χ4v) is 1.96. The maximum absolute atomic E-state index is 10.3. The molecule has 1 aromatic rings. The molecule has 16 heavy (non-hydrogen) atoms. The number of ether oxygens (including phenoxy) is 1. The fourth-order valence-electron chi connectivity index (χ4n) is 1.96. The Morgan fingerprint density at radius 2 is 1.94 bits per heavy atom. The van der Waals surface area contributed by atoms with Gasteiger partial charge >= 0.3 is 0 Å². The van der Waals surface area contributed by atoms with Gasteiger partial charge in [-0.05, 0) is 45.7 Å². The van der Waals surface area contributed by atoms with Gasteiger partial charge in [-0.1, -0.05) is 23.8 Å². The molecule has 0 spiro atoms. The largest absolute Gasteiger partial charge is 0.385 e. The van der Waals surface area contributed by atoms with Crippen molar-refractivity contribution in [3.8, 4) is 0 Å². The van der Waals surface area contributed by atoms with Gasteiger partial charge in [-0.15, -0.1) is 0 Å². The van der Waals surface area contributed by atoms with Crippen LogP contribution in [0.1, 0.15) is 43.6 Å². The van der Waals surface area contributed by atoms with E-state index in [1.807, 2.05) is 39.8 Å². The summed E-state index contributed by atoms with van der Waals surface area (Å²) in [5.41, 5.74) is 2.72. The van der Waals surface area contributed by atoms with Crippen molar-refractivity contribution in [2.24, 2.45) is 0 Å². The van der Waals surface area contributed by atoms with Crippen LogP contribution in [0.4, 0.5) is 0 Å².